The molecule has 1 aliphatic carbocycles. The molecule has 1 aliphatic rings. The zero-order valence-electron chi connectivity index (χ0n) is 15.4. The molecule has 1 aromatic carbocycles. The maximum atomic E-state index is 12.2. The molecule has 0 aliphatic heterocycles. The quantitative estimate of drug-likeness (QED) is 0.735. The Balaban J connectivity index is 0.00000312. The van der Waals surface area contributed by atoms with E-state index in [1.54, 1.807) is 7.11 Å². The Bertz CT molecular complexity index is 547. The van der Waals surface area contributed by atoms with Crippen LogP contribution in [-0.2, 0) is 11.3 Å². The topological polar surface area (TPSA) is 73.6 Å². The van der Waals surface area contributed by atoms with E-state index in [4.69, 9.17) is 15.2 Å². The highest BCUT2D eigenvalue weighted by Gasteiger charge is 2.22. The number of rotatable bonds is 8. The minimum Gasteiger partial charge on any atom is -0.493 e. The van der Waals surface area contributed by atoms with Crippen LogP contribution in [0.3, 0.4) is 0 Å². The maximum Gasteiger partial charge on any atom is 0.237 e. The minimum absolute atomic E-state index is 0. The smallest absolute Gasteiger partial charge is 0.237 e. The predicted molar refractivity (Wildman–Crippen MR) is 102 cm³/mol. The summed E-state index contributed by atoms with van der Waals surface area (Å²) in [6, 6.07) is 5.28. The van der Waals surface area contributed by atoms with Crippen LogP contribution in [-0.4, -0.2) is 25.2 Å². The highest BCUT2D eigenvalue weighted by atomic mass is 35.5. The first-order valence-electron chi connectivity index (χ1n) is 8.92. The Morgan fingerprint density at radius 1 is 1.36 bits per heavy atom. The first kappa shape index (κ1) is 21.6. The SMILES string of the molecule is CCC(C)C(N)C(=O)NCc1cccc(OC)c1OC1CCCC1.Cl. The van der Waals surface area contributed by atoms with Gasteiger partial charge in [-0.2, -0.15) is 0 Å². The van der Waals surface area contributed by atoms with E-state index in [1.165, 1.54) is 12.8 Å². The number of methoxy groups -OCH3 is 1. The summed E-state index contributed by atoms with van der Waals surface area (Å²) in [7, 11) is 1.64. The zero-order chi connectivity index (χ0) is 17.5. The van der Waals surface area contributed by atoms with Crippen LogP contribution in [0.2, 0.25) is 0 Å². The van der Waals surface area contributed by atoms with Crippen molar-refractivity contribution in [2.45, 2.75) is 64.6 Å². The number of halogens is 1. The van der Waals surface area contributed by atoms with Gasteiger partial charge in [0.1, 0.15) is 0 Å². The summed E-state index contributed by atoms with van der Waals surface area (Å²) >= 11 is 0. The number of amides is 1. The van der Waals surface area contributed by atoms with Crippen LogP contribution >= 0.6 is 12.4 Å². The van der Waals surface area contributed by atoms with Crippen LogP contribution in [0.25, 0.3) is 0 Å². The van der Waals surface area contributed by atoms with Crippen LogP contribution in [0.15, 0.2) is 18.2 Å². The molecule has 0 heterocycles. The van der Waals surface area contributed by atoms with Crippen molar-refractivity contribution >= 4 is 18.3 Å². The van der Waals surface area contributed by atoms with Gasteiger partial charge in [-0.15, -0.1) is 12.4 Å². The number of nitrogens with two attached hydrogens (primary N) is 1. The second-order valence-corrected chi connectivity index (χ2v) is 6.60. The number of hydrogen-bond acceptors (Lipinski definition) is 4. The Labute approximate surface area is 157 Å². The van der Waals surface area contributed by atoms with Crippen molar-refractivity contribution in [3.8, 4) is 11.5 Å². The molecular weight excluding hydrogens is 340 g/mol. The molecule has 2 atom stereocenters. The van der Waals surface area contributed by atoms with Gasteiger partial charge in [0.15, 0.2) is 11.5 Å². The Morgan fingerprint density at radius 2 is 2.04 bits per heavy atom. The van der Waals surface area contributed by atoms with Gasteiger partial charge >= 0.3 is 0 Å². The van der Waals surface area contributed by atoms with Gasteiger partial charge in [0, 0.05) is 12.1 Å². The molecular formula is C19H31ClN2O3. The lowest BCUT2D eigenvalue weighted by molar-refractivity contribution is -0.123. The molecule has 6 heteroatoms. The monoisotopic (exact) mass is 370 g/mol. The second-order valence-electron chi connectivity index (χ2n) is 6.60. The van der Waals surface area contributed by atoms with Crippen LogP contribution in [0.1, 0.15) is 51.5 Å². The van der Waals surface area contributed by atoms with Crippen LogP contribution in [0.5, 0.6) is 11.5 Å². The fourth-order valence-corrected chi connectivity index (χ4v) is 2.98. The lowest BCUT2D eigenvalue weighted by Gasteiger charge is -2.21. The molecule has 1 amide bonds. The number of benzene rings is 1. The van der Waals surface area contributed by atoms with Crippen LogP contribution in [0, 0.1) is 5.92 Å². The fraction of sp³-hybridized carbons (Fsp3) is 0.632. The Hall–Kier alpha value is -1.46. The average Bonchev–Trinajstić information content (AvgIpc) is 3.12. The average molecular weight is 371 g/mol. The van der Waals surface area contributed by atoms with Crippen molar-refractivity contribution in [2.75, 3.05) is 7.11 Å². The van der Waals surface area contributed by atoms with Gasteiger partial charge in [0.05, 0.1) is 19.3 Å². The summed E-state index contributed by atoms with van der Waals surface area (Å²) in [4.78, 5) is 12.2. The molecule has 1 fully saturated rings. The van der Waals surface area contributed by atoms with Crippen LogP contribution in [0.4, 0.5) is 0 Å². The van der Waals surface area contributed by atoms with Crippen molar-refractivity contribution in [2.24, 2.45) is 11.7 Å². The molecule has 2 unspecified atom stereocenters. The van der Waals surface area contributed by atoms with E-state index in [9.17, 15) is 4.79 Å². The molecule has 0 aromatic heterocycles. The Morgan fingerprint density at radius 3 is 2.64 bits per heavy atom. The standard InChI is InChI=1S/C19H30N2O3.ClH/c1-4-13(2)17(20)19(22)21-12-14-8-7-11-16(23-3)18(14)24-15-9-5-6-10-15;/h7-8,11,13,15,17H,4-6,9-10,12,20H2,1-3H3,(H,21,22);1H. The molecule has 1 aromatic rings. The summed E-state index contributed by atoms with van der Waals surface area (Å²) < 4.78 is 11.6. The van der Waals surface area contributed by atoms with Gasteiger partial charge in [-0.3, -0.25) is 4.79 Å². The zero-order valence-corrected chi connectivity index (χ0v) is 16.2. The third kappa shape index (κ3) is 5.79. The van der Waals surface area contributed by atoms with Gasteiger partial charge in [-0.1, -0.05) is 32.4 Å². The van der Waals surface area contributed by atoms with Crippen molar-refractivity contribution in [1.29, 1.82) is 0 Å². The number of carbonyl (C=O) groups is 1. The molecule has 0 bridgehead atoms. The van der Waals surface area contributed by atoms with Crippen LogP contribution < -0.4 is 20.5 Å². The molecule has 25 heavy (non-hydrogen) atoms. The van der Waals surface area contributed by atoms with E-state index in [1.807, 2.05) is 32.0 Å². The first-order chi connectivity index (χ1) is 11.6. The number of nitrogens with one attached hydrogen (secondary N) is 1. The normalized spacial score (nSPS) is 16.6. The summed E-state index contributed by atoms with van der Waals surface area (Å²) in [5.41, 5.74) is 6.92. The van der Waals surface area contributed by atoms with E-state index in [0.29, 0.717) is 12.3 Å². The molecule has 3 N–H and O–H groups in total. The highest BCUT2D eigenvalue weighted by molar-refractivity contribution is 5.85. The summed E-state index contributed by atoms with van der Waals surface area (Å²) in [6.45, 7) is 4.42. The molecule has 5 nitrogen and oxygen atoms in total. The molecule has 142 valence electrons. The largest absolute Gasteiger partial charge is 0.493 e. The minimum atomic E-state index is -0.486. The number of ether oxygens (including phenoxy) is 2. The summed E-state index contributed by atoms with van der Waals surface area (Å²) in [6.07, 6.45) is 5.67. The fourth-order valence-electron chi connectivity index (χ4n) is 2.98. The molecule has 0 radical (unpaired) electrons. The van der Waals surface area contributed by atoms with Gasteiger partial charge in [-0.25, -0.2) is 0 Å². The highest BCUT2D eigenvalue weighted by Crippen LogP contribution is 2.34. The Kier molecular flexibility index (Phi) is 9.08. The number of hydrogen-bond donors (Lipinski definition) is 2. The lowest BCUT2D eigenvalue weighted by atomic mass is 9.99. The van der Waals surface area contributed by atoms with Crippen molar-refractivity contribution in [1.82, 2.24) is 5.32 Å². The van der Waals surface area contributed by atoms with Gasteiger partial charge in [0.2, 0.25) is 5.91 Å². The molecule has 0 saturated heterocycles. The van der Waals surface area contributed by atoms with E-state index in [0.717, 1.165) is 30.6 Å². The molecule has 2 rings (SSSR count). The van der Waals surface area contributed by atoms with E-state index in [-0.39, 0.29) is 30.3 Å². The van der Waals surface area contributed by atoms with Crippen molar-refractivity contribution < 1.29 is 14.3 Å². The van der Waals surface area contributed by atoms with Crippen molar-refractivity contribution in [3.05, 3.63) is 23.8 Å². The first-order valence-corrected chi connectivity index (χ1v) is 8.92. The number of carbonyl (C=O) groups excluding carboxylic acids is 1. The predicted octanol–water partition coefficient (Wildman–Crippen LogP) is 3.43. The van der Waals surface area contributed by atoms with Crippen molar-refractivity contribution in [3.63, 3.8) is 0 Å². The summed E-state index contributed by atoms with van der Waals surface area (Å²) in [5, 5.41) is 2.93. The van der Waals surface area contributed by atoms with Gasteiger partial charge in [-0.05, 0) is 37.7 Å². The van der Waals surface area contributed by atoms with E-state index < -0.39 is 6.04 Å². The van der Waals surface area contributed by atoms with Gasteiger partial charge in [0.25, 0.3) is 0 Å². The molecule has 1 saturated carbocycles. The third-order valence-electron chi connectivity index (χ3n) is 4.88. The molecule has 0 spiro atoms. The van der Waals surface area contributed by atoms with E-state index in [2.05, 4.69) is 5.32 Å². The second kappa shape index (κ2) is 10.5. The van der Waals surface area contributed by atoms with Gasteiger partial charge < -0.3 is 20.5 Å². The summed E-state index contributed by atoms with van der Waals surface area (Å²) in [5.74, 6) is 1.48. The number of para-hydroxylation sites is 1. The lowest BCUT2D eigenvalue weighted by Crippen LogP contribution is -2.44. The van der Waals surface area contributed by atoms with E-state index >= 15 is 0 Å². The third-order valence-corrected chi connectivity index (χ3v) is 4.88. The maximum absolute atomic E-state index is 12.2.